The number of nitrogens with zero attached hydrogens (tertiary/aromatic N) is 1. The molecule has 0 aliphatic heterocycles. The Bertz CT molecular complexity index is 555. The van der Waals surface area contributed by atoms with Crippen LogP contribution in [-0.4, -0.2) is 35.6 Å². The van der Waals surface area contributed by atoms with E-state index < -0.39 is 5.82 Å². The highest BCUT2D eigenvalue weighted by Crippen LogP contribution is 2.25. The fraction of sp³-hybridized carbons (Fsp3) is 0.438. The number of carbonyl (C=O) groups excluding carboxylic acids is 1. The van der Waals surface area contributed by atoms with Gasteiger partial charge in [0.05, 0.1) is 12.2 Å². The maximum absolute atomic E-state index is 14.0. The lowest BCUT2D eigenvalue weighted by molar-refractivity contribution is 0.0647. The summed E-state index contributed by atoms with van der Waals surface area (Å²) in [6, 6.07) is 4.63. The summed E-state index contributed by atoms with van der Waals surface area (Å²) in [5.74, 6) is 4.66. The van der Waals surface area contributed by atoms with Gasteiger partial charge in [-0.3, -0.25) is 4.79 Å². The highest BCUT2D eigenvalue weighted by atomic mass is 19.1. The van der Waals surface area contributed by atoms with E-state index in [4.69, 9.17) is 5.11 Å². The molecule has 0 spiro atoms. The molecule has 1 aliphatic carbocycles. The summed E-state index contributed by atoms with van der Waals surface area (Å²) in [6.07, 6.45) is 3.47. The predicted octanol–water partition coefficient (Wildman–Crippen LogP) is 2.18. The number of rotatable bonds is 3. The average Bonchev–Trinajstić information content (AvgIpc) is 2.36. The Morgan fingerprint density at radius 3 is 2.80 bits per heavy atom. The monoisotopic (exact) mass is 275 g/mol. The number of amides is 1. The van der Waals surface area contributed by atoms with E-state index in [2.05, 4.69) is 11.8 Å². The van der Waals surface area contributed by atoms with Gasteiger partial charge in [-0.1, -0.05) is 11.8 Å². The molecule has 0 radical (unpaired) electrons. The average molecular weight is 275 g/mol. The summed E-state index contributed by atoms with van der Waals surface area (Å²) in [6.45, 7) is -0.0156. The van der Waals surface area contributed by atoms with E-state index in [0.29, 0.717) is 12.0 Å². The van der Waals surface area contributed by atoms with Crippen LogP contribution in [0.5, 0.6) is 0 Å². The molecule has 1 saturated carbocycles. The summed E-state index contributed by atoms with van der Waals surface area (Å²) < 4.78 is 14.0. The van der Waals surface area contributed by atoms with Gasteiger partial charge in [0, 0.05) is 25.1 Å². The maximum Gasteiger partial charge on any atom is 0.256 e. The number of aliphatic hydroxyl groups excluding tert-OH is 1. The zero-order valence-electron chi connectivity index (χ0n) is 11.5. The van der Waals surface area contributed by atoms with Gasteiger partial charge in [0.25, 0.3) is 5.91 Å². The molecule has 20 heavy (non-hydrogen) atoms. The second-order valence-electron chi connectivity index (χ2n) is 4.97. The highest BCUT2D eigenvalue weighted by Gasteiger charge is 2.27. The Morgan fingerprint density at radius 1 is 1.50 bits per heavy atom. The second-order valence-corrected chi connectivity index (χ2v) is 4.97. The summed E-state index contributed by atoms with van der Waals surface area (Å²) in [5, 5.41) is 8.63. The van der Waals surface area contributed by atoms with Crippen LogP contribution < -0.4 is 0 Å². The van der Waals surface area contributed by atoms with Gasteiger partial charge < -0.3 is 10.0 Å². The lowest BCUT2D eigenvalue weighted by Gasteiger charge is -2.34. The first kappa shape index (κ1) is 14.5. The Morgan fingerprint density at radius 2 is 2.25 bits per heavy atom. The third kappa shape index (κ3) is 3.17. The smallest absolute Gasteiger partial charge is 0.256 e. The van der Waals surface area contributed by atoms with Crippen LogP contribution in [0.15, 0.2) is 18.2 Å². The quantitative estimate of drug-likeness (QED) is 0.859. The molecule has 1 N–H and O–H groups in total. The Labute approximate surface area is 118 Å². The number of halogens is 1. The maximum atomic E-state index is 14.0. The molecule has 1 fully saturated rings. The summed E-state index contributed by atoms with van der Waals surface area (Å²) in [7, 11) is 1.72. The number of hydrogen-bond acceptors (Lipinski definition) is 2. The summed E-state index contributed by atoms with van der Waals surface area (Å²) in [4.78, 5) is 13.8. The molecule has 0 heterocycles. The first-order valence-corrected chi connectivity index (χ1v) is 6.80. The molecule has 2 rings (SSSR count). The minimum absolute atomic E-state index is 0.0156. The van der Waals surface area contributed by atoms with Crippen molar-refractivity contribution in [2.45, 2.75) is 31.7 Å². The van der Waals surface area contributed by atoms with Crippen molar-refractivity contribution in [2.24, 2.45) is 0 Å². The Hall–Kier alpha value is -1.86. The summed E-state index contributed by atoms with van der Waals surface area (Å²) in [5.41, 5.74) is 0.603. The van der Waals surface area contributed by atoms with E-state index in [-0.39, 0.29) is 24.1 Å². The molecule has 0 bridgehead atoms. The van der Waals surface area contributed by atoms with Crippen LogP contribution in [0.25, 0.3) is 0 Å². The molecule has 1 amide bonds. The van der Waals surface area contributed by atoms with Gasteiger partial charge in [-0.05, 0) is 37.5 Å². The zero-order chi connectivity index (χ0) is 14.5. The number of hydrogen-bond donors (Lipinski definition) is 1. The molecule has 106 valence electrons. The van der Waals surface area contributed by atoms with Crippen molar-refractivity contribution in [3.63, 3.8) is 0 Å². The number of aliphatic hydroxyl groups is 1. The van der Waals surface area contributed by atoms with Gasteiger partial charge in [-0.25, -0.2) is 4.39 Å². The molecule has 1 aromatic rings. The van der Waals surface area contributed by atoms with Crippen LogP contribution in [0.3, 0.4) is 0 Å². The van der Waals surface area contributed by atoms with Crippen molar-refractivity contribution >= 4 is 5.91 Å². The second kappa shape index (κ2) is 6.53. The minimum Gasteiger partial charge on any atom is -0.395 e. The molecule has 0 aromatic heterocycles. The number of benzene rings is 1. The number of carbonyl (C=O) groups is 1. The van der Waals surface area contributed by atoms with Crippen LogP contribution in [0, 0.1) is 17.7 Å². The van der Waals surface area contributed by atoms with Crippen molar-refractivity contribution in [1.29, 1.82) is 0 Å². The molecule has 3 nitrogen and oxygen atoms in total. The zero-order valence-corrected chi connectivity index (χ0v) is 11.5. The molecule has 1 aromatic carbocycles. The van der Waals surface area contributed by atoms with Crippen molar-refractivity contribution < 1.29 is 14.3 Å². The van der Waals surface area contributed by atoms with Crippen LogP contribution in [-0.2, 0) is 0 Å². The van der Waals surface area contributed by atoms with E-state index in [0.717, 1.165) is 19.3 Å². The largest absolute Gasteiger partial charge is 0.395 e. The van der Waals surface area contributed by atoms with Gasteiger partial charge in [-0.2, -0.15) is 0 Å². The van der Waals surface area contributed by atoms with Gasteiger partial charge in [-0.15, -0.1) is 0 Å². The molecule has 0 unspecified atom stereocenters. The lowest BCUT2D eigenvalue weighted by Crippen LogP contribution is -2.41. The van der Waals surface area contributed by atoms with Crippen molar-refractivity contribution in [2.75, 3.05) is 13.7 Å². The van der Waals surface area contributed by atoms with Gasteiger partial charge >= 0.3 is 0 Å². The normalized spacial score (nSPS) is 14.2. The third-order valence-corrected chi connectivity index (χ3v) is 3.61. The molecular formula is C16H18FNO2. The fourth-order valence-corrected chi connectivity index (χ4v) is 2.12. The van der Waals surface area contributed by atoms with Crippen molar-refractivity contribution in [3.05, 3.63) is 35.1 Å². The first-order valence-electron chi connectivity index (χ1n) is 6.80. The van der Waals surface area contributed by atoms with E-state index in [1.165, 1.54) is 12.1 Å². The van der Waals surface area contributed by atoms with Crippen molar-refractivity contribution in [1.82, 2.24) is 4.90 Å². The van der Waals surface area contributed by atoms with Crippen LogP contribution in [0.1, 0.15) is 41.6 Å². The molecule has 0 atom stereocenters. The first-order chi connectivity index (χ1) is 9.63. The van der Waals surface area contributed by atoms with Crippen LogP contribution in [0.4, 0.5) is 4.39 Å². The lowest BCUT2D eigenvalue weighted by atomic mass is 9.91. The van der Waals surface area contributed by atoms with E-state index in [1.54, 1.807) is 18.0 Å². The van der Waals surface area contributed by atoms with E-state index >= 15 is 0 Å². The topological polar surface area (TPSA) is 40.5 Å². The fourth-order valence-electron chi connectivity index (χ4n) is 2.12. The van der Waals surface area contributed by atoms with Crippen LogP contribution in [0.2, 0.25) is 0 Å². The summed E-state index contributed by atoms with van der Waals surface area (Å²) >= 11 is 0. The SMILES string of the molecule is CN(C(=O)c1ccc(C#CCCO)cc1F)C1CCC1. The van der Waals surface area contributed by atoms with Gasteiger partial charge in [0.15, 0.2) is 0 Å². The third-order valence-electron chi connectivity index (χ3n) is 3.61. The molecule has 1 aliphatic rings. The standard InChI is InChI=1S/C16H18FNO2/c1-18(13-6-4-7-13)16(20)14-9-8-12(11-15(14)17)5-2-3-10-19/h8-9,11,13,19H,3-4,6-7,10H2,1H3. The molecule has 0 saturated heterocycles. The Balaban J connectivity index is 2.13. The Kier molecular flexibility index (Phi) is 4.75. The van der Waals surface area contributed by atoms with E-state index in [9.17, 15) is 9.18 Å². The van der Waals surface area contributed by atoms with Gasteiger partial charge in [0.2, 0.25) is 0 Å². The predicted molar refractivity (Wildman–Crippen MR) is 74.7 cm³/mol. The molecule has 4 heteroatoms. The van der Waals surface area contributed by atoms with E-state index in [1.807, 2.05) is 0 Å². The highest BCUT2D eigenvalue weighted by molar-refractivity contribution is 5.94. The van der Waals surface area contributed by atoms with Crippen molar-refractivity contribution in [3.8, 4) is 11.8 Å². The van der Waals surface area contributed by atoms with Gasteiger partial charge in [0.1, 0.15) is 5.82 Å². The minimum atomic E-state index is -0.544. The molecular weight excluding hydrogens is 257 g/mol. The van der Waals surface area contributed by atoms with Crippen LogP contribution >= 0.6 is 0 Å².